The maximum atomic E-state index is 12.1. The van der Waals surface area contributed by atoms with Gasteiger partial charge in [0.1, 0.15) is 0 Å². The summed E-state index contributed by atoms with van der Waals surface area (Å²) in [4.78, 5) is 15.3. The molecule has 1 aliphatic rings. The van der Waals surface area contributed by atoms with E-state index in [2.05, 4.69) is 20.4 Å². The SMILES string of the molecule is CC.CCC(O)(F)F.O=C(NCc1ccnc(OC(F)F)c1)NC1CCCC1.[HH].[HH]. The van der Waals surface area contributed by atoms with Gasteiger partial charge in [-0.3, -0.25) is 0 Å². The second-order valence-corrected chi connectivity index (χ2v) is 5.71. The van der Waals surface area contributed by atoms with E-state index in [4.69, 9.17) is 5.11 Å². The second-order valence-electron chi connectivity index (χ2n) is 5.71. The molecule has 0 bridgehead atoms. The molecule has 6 nitrogen and oxygen atoms in total. The molecule has 2 amide bonds. The third-order valence-electron chi connectivity index (χ3n) is 3.58. The molecule has 0 saturated heterocycles. The van der Waals surface area contributed by atoms with Gasteiger partial charge in [0.05, 0.1) is 0 Å². The number of alkyl halides is 4. The largest absolute Gasteiger partial charge is 0.417 e. The zero-order chi connectivity index (χ0) is 21.6. The molecule has 0 aliphatic heterocycles. The molecule has 166 valence electrons. The van der Waals surface area contributed by atoms with Crippen molar-refractivity contribution in [3.8, 4) is 5.88 Å². The Morgan fingerprint density at radius 3 is 2.46 bits per heavy atom. The van der Waals surface area contributed by atoms with Crippen molar-refractivity contribution in [1.29, 1.82) is 0 Å². The molecule has 10 heteroatoms. The predicted molar refractivity (Wildman–Crippen MR) is 102 cm³/mol. The first-order valence-electron chi connectivity index (χ1n) is 9.24. The lowest BCUT2D eigenvalue weighted by Crippen LogP contribution is -2.40. The Morgan fingerprint density at radius 1 is 1.39 bits per heavy atom. The molecular formula is C18H33F4N3O3. The van der Waals surface area contributed by atoms with Crippen molar-refractivity contribution in [1.82, 2.24) is 15.6 Å². The van der Waals surface area contributed by atoms with Crippen molar-refractivity contribution >= 4 is 6.03 Å². The number of hydrogen-bond donors (Lipinski definition) is 3. The van der Waals surface area contributed by atoms with E-state index in [1.165, 1.54) is 19.2 Å². The Morgan fingerprint density at radius 2 is 1.96 bits per heavy atom. The lowest BCUT2D eigenvalue weighted by molar-refractivity contribution is -0.199. The van der Waals surface area contributed by atoms with Crippen LogP contribution in [0.4, 0.5) is 22.4 Å². The maximum Gasteiger partial charge on any atom is 0.388 e. The number of carbonyl (C=O) groups excluding carboxylic acids is 1. The number of carbonyl (C=O) groups is 1. The number of ether oxygens (including phenoxy) is 1. The van der Waals surface area contributed by atoms with Crippen LogP contribution in [0.1, 0.15) is 61.3 Å². The highest BCUT2D eigenvalue weighted by atomic mass is 19.3. The molecule has 1 saturated carbocycles. The van der Waals surface area contributed by atoms with E-state index in [0.29, 0.717) is 5.56 Å². The van der Waals surface area contributed by atoms with Crippen LogP contribution in [0, 0.1) is 0 Å². The summed E-state index contributed by atoms with van der Waals surface area (Å²) in [6.07, 6.45) is 1.70. The topological polar surface area (TPSA) is 83.5 Å². The summed E-state index contributed by atoms with van der Waals surface area (Å²) in [5, 5.41) is 13.1. The first-order chi connectivity index (χ1) is 13.2. The Balaban J connectivity index is -0.000000633. The van der Waals surface area contributed by atoms with E-state index in [9.17, 15) is 22.4 Å². The van der Waals surface area contributed by atoms with Gasteiger partial charge in [-0.15, -0.1) is 0 Å². The van der Waals surface area contributed by atoms with Crippen molar-refractivity contribution in [2.45, 2.75) is 78.2 Å². The molecule has 0 aromatic carbocycles. The first-order valence-corrected chi connectivity index (χ1v) is 9.24. The van der Waals surface area contributed by atoms with Crippen LogP contribution in [0.3, 0.4) is 0 Å². The van der Waals surface area contributed by atoms with Gasteiger partial charge in [-0.25, -0.2) is 9.78 Å². The molecule has 0 radical (unpaired) electrons. The number of urea groups is 1. The zero-order valence-electron chi connectivity index (χ0n) is 16.4. The molecule has 28 heavy (non-hydrogen) atoms. The molecule has 1 aromatic heterocycles. The maximum absolute atomic E-state index is 12.1. The van der Waals surface area contributed by atoms with Gasteiger partial charge in [-0.1, -0.05) is 33.6 Å². The molecule has 1 heterocycles. The molecule has 3 N–H and O–H groups in total. The fraction of sp³-hybridized carbons (Fsp3) is 0.667. The summed E-state index contributed by atoms with van der Waals surface area (Å²) < 4.78 is 50.3. The third kappa shape index (κ3) is 13.1. The van der Waals surface area contributed by atoms with Crippen LogP contribution in [0.25, 0.3) is 0 Å². The lowest BCUT2D eigenvalue weighted by atomic mass is 10.2. The minimum absolute atomic E-state index is 0. The molecule has 1 fully saturated rings. The summed E-state index contributed by atoms with van der Waals surface area (Å²) in [6, 6.07) is 3.01. The highest BCUT2D eigenvalue weighted by molar-refractivity contribution is 5.74. The van der Waals surface area contributed by atoms with Crippen LogP contribution in [-0.4, -0.2) is 34.9 Å². The Hall–Kier alpha value is -2.10. The fourth-order valence-electron chi connectivity index (χ4n) is 2.21. The third-order valence-corrected chi connectivity index (χ3v) is 3.58. The average molecular weight is 415 g/mol. The second kappa shape index (κ2) is 14.0. The van der Waals surface area contributed by atoms with E-state index in [0.717, 1.165) is 25.7 Å². The van der Waals surface area contributed by atoms with Crippen LogP contribution in [0.5, 0.6) is 5.88 Å². The van der Waals surface area contributed by atoms with E-state index >= 15 is 0 Å². The summed E-state index contributed by atoms with van der Waals surface area (Å²) in [5.41, 5.74) is 0.650. The number of halogens is 4. The zero-order valence-corrected chi connectivity index (χ0v) is 16.4. The van der Waals surface area contributed by atoms with E-state index in [-0.39, 0.29) is 27.4 Å². The molecule has 0 atom stereocenters. The number of hydrogen-bond acceptors (Lipinski definition) is 4. The molecule has 0 unspecified atom stereocenters. The van der Waals surface area contributed by atoms with Gasteiger partial charge in [0.15, 0.2) is 0 Å². The summed E-state index contributed by atoms with van der Waals surface area (Å²) in [5.74, 6) is -0.157. The smallest absolute Gasteiger partial charge is 0.388 e. The standard InChI is InChI=1S/C13H17F2N3O2.C3H6F2O.C2H6.2H2/c14-12(15)20-11-7-9(5-6-16-11)8-17-13(19)18-10-3-1-2-4-10;1-2-3(4,5)6;1-2;;/h5-7,10,12H,1-4,8H2,(H2,17,18,19);6H,2H2,1H3;1-2H3;2*1H. The van der Waals surface area contributed by atoms with Crippen LogP contribution in [-0.2, 0) is 6.54 Å². The number of amides is 2. The van der Waals surface area contributed by atoms with Crippen molar-refractivity contribution < 1.29 is 35.1 Å². The van der Waals surface area contributed by atoms with Gasteiger partial charge in [0.2, 0.25) is 5.88 Å². The van der Waals surface area contributed by atoms with Crippen LogP contribution in [0.15, 0.2) is 18.3 Å². The number of nitrogens with zero attached hydrogens (tertiary/aromatic N) is 1. The number of aromatic nitrogens is 1. The van der Waals surface area contributed by atoms with E-state index < -0.39 is 19.1 Å². The van der Waals surface area contributed by atoms with Crippen LogP contribution in [0.2, 0.25) is 0 Å². The summed E-state index contributed by atoms with van der Waals surface area (Å²) in [6.45, 7) is 2.54. The van der Waals surface area contributed by atoms with E-state index in [1.54, 1.807) is 6.07 Å². The van der Waals surface area contributed by atoms with Crippen LogP contribution < -0.4 is 15.4 Å². The normalized spacial score (nSPS) is 13.8. The number of aliphatic hydroxyl groups is 1. The molecule has 1 aliphatic carbocycles. The minimum Gasteiger partial charge on any atom is -0.417 e. The number of rotatable bonds is 6. The monoisotopic (exact) mass is 415 g/mol. The highest BCUT2D eigenvalue weighted by Crippen LogP contribution is 2.17. The number of pyridine rings is 1. The van der Waals surface area contributed by atoms with Gasteiger partial charge in [0, 0.05) is 34.1 Å². The molecule has 2 rings (SSSR count). The summed E-state index contributed by atoms with van der Waals surface area (Å²) >= 11 is 0. The average Bonchev–Trinajstić information content (AvgIpc) is 3.14. The van der Waals surface area contributed by atoms with Gasteiger partial charge in [-0.2, -0.15) is 17.6 Å². The van der Waals surface area contributed by atoms with Crippen molar-refractivity contribution in [3.05, 3.63) is 23.9 Å². The fourth-order valence-corrected chi connectivity index (χ4v) is 2.21. The molecule has 0 spiro atoms. The van der Waals surface area contributed by atoms with Crippen molar-refractivity contribution in [2.24, 2.45) is 0 Å². The van der Waals surface area contributed by atoms with Gasteiger partial charge in [0.25, 0.3) is 0 Å². The number of nitrogens with one attached hydrogen (secondary N) is 2. The van der Waals surface area contributed by atoms with Crippen molar-refractivity contribution in [3.63, 3.8) is 0 Å². The Labute approximate surface area is 165 Å². The molecule has 1 aromatic rings. The van der Waals surface area contributed by atoms with E-state index in [1.807, 2.05) is 13.8 Å². The highest BCUT2D eigenvalue weighted by Gasteiger charge is 2.19. The first kappa shape index (κ1) is 25.9. The van der Waals surface area contributed by atoms with Crippen molar-refractivity contribution in [2.75, 3.05) is 0 Å². The summed E-state index contributed by atoms with van der Waals surface area (Å²) in [7, 11) is 0. The van der Waals surface area contributed by atoms with Gasteiger partial charge >= 0.3 is 18.8 Å². The van der Waals surface area contributed by atoms with Gasteiger partial charge in [-0.05, 0) is 24.5 Å². The Bertz CT molecular complexity index is 562. The quantitative estimate of drug-likeness (QED) is 0.576. The van der Waals surface area contributed by atoms with Gasteiger partial charge < -0.3 is 20.5 Å². The Kier molecular flexibility index (Phi) is 12.9. The lowest BCUT2D eigenvalue weighted by Gasteiger charge is -2.13. The predicted octanol–water partition coefficient (Wildman–Crippen LogP) is 4.92. The molecular weight excluding hydrogens is 382 g/mol. The minimum atomic E-state index is -3.46. The van der Waals surface area contributed by atoms with Crippen LogP contribution >= 0.6 is 0 Å².